The predicted molar refractivity (Wildman–Crippen MR) is 97.5 cm³/mol. The van der Waals surface area contributed by atoms with Crippen molar-refractivity contribution in [3.05, 3.63) is 58.6 Å². The van der Waals surface area contributed by atoms with Crippen molar-refractivity contribution < 1.29 is 9.59 Å². The van der Waals surface area contributed by atoms with E-state index < -0.39 is 0 Å². The first-order valence-electron chi connectivity index (χ1n) is 7.65. The minimum Gasteiger partial charge on any atom is -0.282 e. The van der Waals surface area contributed by atoms with E-state index in [1.54, 1.807) is 12.3 Å². The average molecular weight is 338 g/mol. The SMILES string of the molecule is CC(C)(C)c1cccc(-c2cc(C=C3SC(=O)NC3=O)ccn2)c1. The maximum Gasteiger partial charge on any atom is 0.290 e. The Morgan fingerprint density at radius 2 is 1.92 bits per heavy atom. The minimum atomic E-state index is -0.349. The first-order chi connectivity index (χ1) is 11.3. The molecule has 1 aromatic carbocycles. The third-order valence-corrected chi connectivity index (χ3v) is 4.56. The lowest BCUT2D eigenvalue weighted by Gasteiger charge is -2.19. The summed E-state index contributed by atoms with van der Waals surface area (Å²) in [6.07, 6.45) is 3.43. The van der Waals surface area contributed by atoms with Gasteiger partial charge in [-0.2, -0.15) is 0 Å². The molecule has 122 valence electrons. The third-order valence-electron chi connectivity index (χ3n) is 3.75. The van der Waals surface area contributed by atoms with Crippen molar-refractivity contribution in [2.75, 3.05) is 0 Å². The van der Waals surface area contributed by atoms with Crippen LogP contribution in [0, 0.1) is 0 Å². The summed E-state index contributed by atoms with van der Waals surface area (Å²) in [4.78, 5) is 27.8. The fourth-order valence-electron chi connectivity index (χ4n) is 2.41. The van der Waals surface area contributed by atoms with Gasteiger partial charge < -0.3 is 0 Å². The second-order valence-corrected chi connectivity index (χ2v) is 7.67. The molecule has 1 aliphatic heterocycles. The van der Waals surface area contributed by atoms with Gasteiger partial charge in [-0.1, -0.05) is 39.0 Å². The molecular weight excluding hydrogens is 320 g/mol. The van der Waals surface area contributed by atoms with Gasteiger partial charge in [-0.15, -0.1) is 0 Å². The van der Waals surface area contributed by atoms with Crippen LogP contribution in [0.25, 0.3) is 17.3 Å². The van der Waals surface area contributed by atoms with Crippen LogP contribution in [0.2, 0.25) is 0 Å². The Bertz CT molecular complexity index is 850. The quantitative estimate of drug-likeness (QED) is 0.826. The van der Waals surface area contributed by atoms with Crippen molar-refractivity contribution in [3.63, 3.8) is 0 Å². The van der Waals surface area contributed by atoms with E-state index in [0.717, 1.165) is 28.6 Å². The number of hydrogen-bond acceptors (Lipinski definition) is 4. The Hall–Kier alpha value is -2.40. The molecule has 0 aliphatic carbocycles. The topological polar surface area (TPSA) is 59.1 Å². The number of imide groups is 1. The van der Waals surface area contributed by atoms with Gasteiger partial charge in [0.25, 0.3) is 11.1 Å². The molecule has 0 saturated carbocycles. The molecular formula is C19H18N2O2S. The molecule has 1 saturated heterocycles. The van der Waals surface area contributed by atoms with E-state index in [2.05, 4.69) is 43.2 Å². The number of thioether (sulfide) groups is 1. The van der Waals surface area contributed by atoms with Crippen LogP contribution in [0.5, 0.6) is 0 Å². The Balaban J connectivity index is 1.96. The number of amides is 2. The molecule has 0 atom stereocenters. The molecule has 1 aromatic heterocycles. The zero-order valence-corrected chi connectivity index (χ0v) is 14.6. The largest absolute Gasteiger partial charge is 0.290 e. The van der Waals surface area contributed by atoms with Crippen molar-refractivity contribution in [3.8, 4) is 11.3 Å². The number of benzene rings is 1. The predicted octanol–water partition coefficient (Wildman–Crippen LogP) is 4.37. The molecule has 2 amide bonds. The molecule has 0 spiro atoms. The maximum absolute atomic E-state index is 11.7. The Kier molecular flexibility index (Phi) is 4.28. The molecule has 2 heterocycles. The maximum atomic E-state index is 11.7. The van der Waals surface area contributed by atoms with Gasteiger partial charge >= 0.3 is 0 Å². The van der Waals surface area contributed by atoms with E-state index in [1.165, 1.54) is 5.56 Å². The third kappa shape index (κ3) is 3.57. The Labute approximate surface area is 145 Å². The van der Waals surface area contributed by atoms with Crippen LogP contribution in [-0.4, -0.2) is 16.1 Å². The number of nitrogens with one attached hydrogen (secondary N) is 1. The highest BCUT2D eigenvalue weighted by Gasteiger charge is 2.25. The zero-order valence-electron chi connectivity index (χ0n) is 13.8. The van der Waals surface area contributed by atoms with Crippen LogP contribution in [0.4, 0.5) is 4.79 Å². The van der Waals surface area contributed by atoms with Crippen LogP contribution in [0.3, 0.4) is 0 Å². The summed E-state index contributed by atoms with van der Waals surface area (Å²) in [5, 5.41) is 1.92. The summed E-state index contributed by atoms with van der Waals surface area (Å²) >= 11 is 0.917. The highest BCUT2D eigenvalue weighted by atomic mass is 32.2. The molecule has 4 nitrogen and oxygen atoms in total. The van der Waals surface area contributed by atoms with Gasteiger partial charge in [0.2, 0.25) is 0 Å². The Morgan fingerprint density at radius 1 is 1.12 bits per heavy atom. The Morgan fingerprint density at radius 3 is 2.58 bits per heavy atom. The van der Waals surface area contributed by atoms with Crippen LogP contribution in [0.1, 0.15) is 31.9 Å². The number of aromatic nitrogens is 1. The molecule has 1 N–H and O–H groups in total. The normalized spacial score (nSPS) is 16.5. The summed E-state index contributed by atoms with van der Waals surface area (Å²) in [6.45, 7) is 6.52. The number of nitrogens with zero attached hydrogens (tertiary/aromatic N) is 1. The lowest BCUT2D eigenvalue weighted by molar-refractivity contribution is -0.115. The van der Waals surface area contributed by atoms with E-state index in [9.17, 15) is 9.59 Å². The highest BCUT2D eigenvalue weighted by Crippen LogP contribution is 2.29. The molecule has 0 bridgehead atoms. The summed E-state index contributed by atoms with van der Waals surface area (Å²) < 4.78 is 0. The summed E-state index contributed by atoms with van der Waals surface area (Å²) in [7, 11) is 0. The van der Waals surface area contributed by atoms with E-state index in [0.29, 0.717) is 4.91 Å². The smallest absolute Gasteiger partial charge is 0.282 e. The fourth-order valence-corrected chi connectivity index (χ4v) is 3.09. The van der Waals surface area contributed by atoms with Crippen LogP contribution in [-0.2, 0) is 10.2 Å². The molecule has 24 heavy (non-hydrogen) atoms. The summed E-state index contributed by atoms with van der Waals surface area (Å²) in [5.41, 5.74) is 4.01. The van der Waals surface area contributed by atoms with Gasteiger partial charge in [0.15, 0.2) is 0 Å². The average Bonchev–Trinajstić information content (AvgIpc) is 2.84. The van der Waals surface area contributed by atoms with E-state index >= 15 is 0 Å². The van der Waals surface area contributed by atoms with Gasteiger partial charge in [0.05, 0.1) is 10.6 Å². The van der Waals surface area contributed by atoms with Gasteiger partial charge in [-0.3, -0.25) is 19.9 Å². The lowest BCUT2D eigenvalue weighted by atomic mass is 9.86. The van der Waals surface area contributed by atoms with Crippen LogP contribution < -0.4 is 5.32 Å². The minimum absolute atomic E-state index is 0.0640. The summed E-state index contributed by atoms with van der Waals surface area (Å²) in [5.74, 6) is -0.349. The molecule has 3 rings (SSSR count). The number of carbonyl (C=O) groups excluding carboxylic acids is 2. The molecule has 1 fully saturated rings. The first-order valence-corrected chi connectivity index (χ1v) is 8.46. The van der Waals surface area contributed by atoms with Crippen LogP contribution >= 0.6 is 11.8 Å². The van der Waals surface area contributed by atoms with Crippen LogP contribution in [0.15, 0.2) is 47.5 Å². The monoisotopic (exact) mass is 338 g/mol. The number of carbonyl (C=O) groups is 2. The van der Waals surface area contributed by atoms with Crippen molar-refractivity contribution in [1.29, 1.82) is 0 Å². The highest BCUT2D eigenvalue weighted by molar-refractivity contribution is 8.18. The van der Waals surface area contributed by atoms with E-state index in [1.807, 2.05) is 24.3 Å². The van der Waals surface area contributed by atoms with Gasteiger partial charge in [-0.25, -0.2) is 0 Å². The molecule has 5 heteroatoms. The summed E-state index contributed by atoms with van der Waals surface area (Å²) in [6, 6.07) is 12.0. The zero-order chi connectivity index (χ0) is 17.3. The van der Waals surface area contributed by atoms with Crippen molar-refractivity contribution in [2.45, 2.75) is 26.2 Å². The van der Waals surface area contributed by atoms with Crippen molar-refractivity contribution >= 4 is 29.0 Å². The molecule has 0 radical (unpaired) electrons. The van der Waals surface area contributed by atoms with Gasteiger partial charge in [-0.05, 0) is 52.6 Å². The number of rotatable bonds is 2. The van der Waals surface area contributed by atoms with Gasteiger partial charge in [0, 0.05) is 11.8 Å². The molecule has 0 unspecified atom stereocenters. The number of pyridine rings is 1. The second kappa shape index (κ2) is 6.24. The molecule has 2 aromatic rings. The standard InChI is InChI=1S/C19H18N2O2S/c1-19(2,3)14-6-4-5-13(11-14)15-9-12(7-8-20-15)10-16-17(22)21-18(23)24-16/h4-11H,1-3H3,(H,21,22,23). The molecule has 1 aliphatic rings. The van der Waals surface area contributed by atoms with E-state index in [4.69, 9.17) is 0 Å². The lowest BCUT2D eigenvalue weighted by Crippen LogP contribution is -2.17. The van der Waals surface area contributed by atoms with Crippen molar-refractivity contribution in [1.82, 2.24) is 10.3 Å². The van der Waals surface area contributed by atoms with E-state index in [-0.39, 0.29) is 16.6 Å². The fraction of sp³-hybridized carbons (Fsp3) is 0.211. The van der Waals surface area contributed by atoms with Crippen molar-refractivity contribution in [2.24, 2.45) is 0 Å². The number of hydrogen-bond donors (Lipinski definition) is 1. The second-order valence-electron chi connectivity index (χ2n) is 6.66. The van der Waals surface area contributed by atoms with Gasteiger partial charge in [0.1, 0.15) is 0 Å². The first kappa shape index (κ1) is 16.5.